The van der Waals surface area contributed by atoms with Crippen LogP contribution in [0.1, 0.15) is 36.4 Å². The van der Waals surface area contributed by atoms with Gasteiger partial charge < -0.3 is 0 Å². The maximum atomic E-state index is 15.1. The molecule has 1 atom stereocenters. The fourth-order valence-corrected chi connectivity index (χ4v) is 5.22. The third-order valence-corrected chi connectivity index (χ3v) is 6.66. The van der Waals surface area contributed by atoms with E-state index >= 15 is 4.39 Å². The van der Waals surface area contributed by atoms with Crippen LogP contribution in [0.25, 0.3) is 5.57 Å². The number of hydrogen-bond acceptors (Lipinski definition) is 5. The first-order chi connectivity index (χ1) is 11.5. The molecule has 0 amide bonds. The molecule has 1 aliphatic heterocycles. The number of aryl methyl sites for hydroxylation is 1. The highest BCUT2D eigenvalue weighted by Gasteiger charge is 2.18. The number of thiophene rings is 1. The predicted molar refractivity (Wildman–Crippen MR) is 104 cm³/mol. The second kappa shape index (κ2) is 7.76. The Hall–Kier alpha value is -1.24. The van der Waals surface area contributed by atoms with Crippen molar-refractivity contribution >= 4 is 40.4 Å². The Bertz CT molecular complexity index is 800. The third kappa shape index (κ3) is 4.05. The van der Waals surface area contributed by atoms with E-state index in [1.807, 2.05) is 37.1 Å². The Kier molecular flexibility index (Phi) is 5.69. The molecule has 1 aliphatic rings. The molecule has 3 rings (SSSR count). The monoisotopic (exact) mass is 378 g/mol. The summed E-state index contributed by atoms with van der Waals surface area (Å²) < 4.78 is 23.4. The average molecular weight is 379 g/mol. The molecule has 0 aromatic carbocycles. The van der Waals surface area contributed by atoms with Crippen molar-refractivity contribution in [3.63, 3.8) is 0 Å². The fraction of sp³-hybridized carbons (Fsp3) is 0.333. The van der Waals surface area contributed by atoms with Crippen molar-refractivity contribution in [1.82, 2.24) is 8.75 Å². The second-order valence-corrected chi connectivity index (χ2v) is 8.46. The van der Waals surface area contributed by atoms with Gasteiger partial charge in [-0.25, -0.2) is 4.39 Å². The lowest BCUT2D eigenvalue weighted by Gasteiger charge is -2.11. The number of hydrogen-bond donors (Lipinski definition) is 0. The number of rotatable bonds is 5. The summed E-state index contributed by atoms with van der Waals surface area (Å²) in [5.74, 6) is 1.39. The van der Waals surface area contributed by atoms with Gasteiger partial charge in [-0.1, -0.05) is 11.1 Å². The van der Waals surface area contributed by atoms with Crippen molar-refractivity contribution in [3.05, 3.63) is 62.2 Å². The summed E-state index contributed by atoms with van der Waals surface area (Å²) in [4.78, 5) is 0.897. The lowest BCUT2D eigenvalue weighted by Crippen LogP contribution is -2.01. The van der Waals surface area contributed by atoms with Crippen LogP contribution >= 0.6 is 34.8 Å². The normalized spacial score (nSPS) is 19.4. The smallest absolute Gasteiger partial charge is 0.134 e. The molecule has 126 valence electrons. The van der Waals surface area contributed by atoms with Crippen LogP contribution in [0.4, 0.5) is 4.39 Å². The summed E-state index contributed by atoms with van der Waals surface area (Å²) >= 11 is 4.49. The second-order valence-electron chi connectivity index (χ2n) is 6.09. The Morgan fingerprint density at radius 2 is 2.25 bits per heavy atom. The van der Waals surface area contributed by atoms with Crippen LogP contribution in [0.3, 0.4) is 0 Å². The van der Waals surface area contributed by atoms with Gasteiger partial charge in [0.25, 0.3) is 0 Å². The van der Waals surface area contributed by atoms with E-state index in [0.29, 0.717) is 17.2 Å². The highest BCUT2D eigenvalue weighted by molar-refractivity contribution is 8.02. The van der Waals surface area contributed by atoms with Crippen LogP contribution in [0.15, 0.2) is 46.1 Å². The Labute approximate surface area is 154 Å². The third-order valence-electron chi connectivity index (χ3n) is 3.99. The zero-order valence-electron chi connectivity index (χ0n) is 13.9. The minimum atomic E-state index is -0.227. The molecule has 24 heavy (non-hydrogen) atoms. The lowest BCUT2D eigenvalue weighted by atomic mass is 9.95. The Balaban J connectivity index is 1.92. The number of halogens is 1. The minimum Gasteiger partial charge on any atom is -0.206 e. The molecule has 0 N–H and O–H groups in total. The molecule has 0 spiro atoms. The van der Waals surface area contributed by atoms with Gasteiger partial charge in [-0.2, -0.15) is 8.75 Å². The molecule has 0 saturated carbocycles. The van der Waals surface area contributed by atoms with Crippen molar-refractivity contribution in [2.24, 2.45) is 5.92 Å². The number of allylic oxidation sites excluding steroid dienone is 4. The molecule has 0 radical (unpaired) electrons. The Morgan fingerprint density at radius 1 is 1.42 bits per heavy atom. The predicted octanol–water partition coefficient (Wildman–Crippen LogP) is 6.24. The molecular weight excluding hydrogens is 359 g/mol. The summed E-state index contributed by atoms with van der Waals surface area (Å²) in [7, 11) is 0. The van der Waals surface area contributed by atoms with Crippen molar-refractivity contribution in [2.45, 2.75) is 27.2 Å². The summed E-state index contributed by atoms with van der Waals surface area (Å²) in [6, 6.07) is 2.00. The molecule has 0 saturated heterocycles. The summed E-state index contributed by atoms with van der Waals surface area (Å²) in [5.41, 5.74) is 4.75. The summed E-state index contributed by atoms with van der Waals surface area (Å²) in [5, 5.41) is 4.24. The van der Waals surface area contributed by atoms with Gasteiger partial charge in [0.2, 0.25) is 0 Å². The van der Waals surface area contributed by atoms with E-state index < -0.39 is 0 Å². The van der Waals surface area contributed by atoms with Gasteiger partial charge in [-0.15, -0.1) is 23.1 Å². The number of aromatic nitrogens is 2. The highest BCUT2D eigenvalue weighted by Crippen LogP contribution is 2.35. The molecule has 0 aliphatic carbocycles. The number of nitrogens with zero attached hydrogens (tertiary/aromatic N) is 2. The standard InChI is InChI=1S/C18H19FN2S3/c1-11(4-14-10-22-9-13(14)3)5-15(19)18(16-7-20-24-21-16)17-6-12(2)8-23-17/h5-9,14H,4,10H2,1-3H3. The largest absolute Gasteiger partial charge is 0.206 e. The van der Waals surface area contributed by atoms with Gasteiger partial charge in [0.15, 0.2) is 0 Å². The van der Waals surface area contributed by atoms with Crippen LogP contribution < -0.4 is 0 Å². The molecular formula is C18H19FN2S3. The fourth-order valence-electron chi connectivity index (χ4n) is 2.68. The van der Waals surface area contributed by atoms with E-state index in [2.05, 4.69) is 21.1 Å². The SMILES string of the molecule is CC(=CC(F)=C(c1cnsn1)c1cc(C)cs1)CC1CSC=C1C. The quantitative estimate of drug-likeness (QED) is 0.576. The van der Waals surface area contributed by atoms with Gasteiger partial charge in [0.1, 0.15) is 11.5 Å². The van der Waals surface area contributed by atoms with Gasteiger partial charge >= 0.3 is 0 Å². The van der Waals surface area contributed by atoms with Crippen molar-refractivity contribution < 1.29 is 4.39 Å². The van der Waals surface area contributed by atoms with Gasteiger partial charge in [-0.05, 0) is 61.6 Å². The summed E-state index contributed by atoms with van der Waals surface area (Å²) in [6.07, 6.45) is 4.20. The minimum absolute atomic E-state index is 0.227. The summed E-state index contributed by atoms with van der Waals surface area (Å²) in [6.45, 7) is 6.18. The van der Waals surface area contributed by atoms with Gasteiger partial charge in [-0.3, -0.25) is 0 Å². The lowest BCUT2D eigenvalue weighted by molar-refractivity contribution is 0.656. The molecule has 6 heteroatoms. The number of thioether (sulfide) groups is 1. The average Bonchev–Trinajstić information content (AvgIpc) is 3.25. The zero-order valence-corrected chi connectivity index (χ0v) is 16.3. The molecule has 1 unspecified atom stereocenters. The molecule has 0 fully saturated rings. The van der Waals surface area contributed by atoms with Crippen LogP contribution in [-0.2, 0) is 0 Å². The first-order valence-electron chi connectivity index (χ1n) is 7.73. The van der Waals surface area contributed by atoms with E-state index in [4.69, 9.17) is 0 Å². The van der Waals surface area contributed by atoms with Gasteiger partial charge in [0.05, 0.1) is 23.5 Å². The Morgan fingerprint density at radius 3 is 2.83 bits per heavy atom. The molecule has 2 aromatic rings. The maximum absolute atomic E-state index is 15.1. The van der Waals surface area contributed by atoms with E-state index in [1.165, 1.54) is 5.57 Å². The van der Waals surface area contributed by atoms with Crippen LogP contribution in [0, 0.1) is 12.8 Å². The van der Waals surface area contributed by atoms with Crippen molar-refractivity contribution in [1.29, 1.82) is 0 Å². The molecule has 3 heterocycles. The first-order valence-corrected chi connectivity index (χ1v) is 10.4. The van der Waals surface area contributed by atoms with Crippen molar-refractivity contribution in [2.75, 3.05) is 5.75 Å². The van der Waals surface area contributed by atoms with E-state index in [0.717, 1.165) is 39.9 Å². The first kappa shape index (κ1) is 17.6. The van der Waals surface area contributed by atoms with Crippen LogP contribution in [-0.4, -0.2) is 14.5 Å². The highest BCUT2D eigenvalue weighted by atomic mass is 32.2. The van der Waals surface area contributed by atoms with Crippen LogP contribution in [0.5, 0.6) is 0 Å². The topological polar surface area (TPSA) is 25.8 Å². The molecule has 2 nitrogen and oxygen atoms in total. The molecule has 0 bridgehead atoms. The molecule has 2 aromatic heterocycles. The maximum Gasteiger partial charge on any atom is 0.134 e. The van der Waals surface area contributed by atoms with E-state index in [9.17, 15) is 0 Å². The zero-order chi connectivity index (χ0) is 17.1. The van der Waals surface area contributed by atoms with E-state index in [1.54, 1.807) is 23.6 Å². The van der Waals surface area contributed by atoms with Gasteiger partial charge in [0, 0.05) is 10.6 Å². The van der Waals surface area contributed by atoms with Crippen LogP contribution in [0.2, 0.25) is 0 Å². The van der Waals surface area contributed by atoms with Crippen molar-refractivity contribution in [3.8, 4) is 0 Å². The van der Waals surface area contributed by atoms with E-state index in [-0.39, 0.29) is 5.83 Å².